The summed E-state index contributed by atoms with van der Waals surface area (Å²) in [5.41, 5.74) is 0.734. The number of hydrogen-bond donors (Lipinski definition) is 1. The Morgan fingerprint density at radius 2 is 1.75 bits per heavy atom. The van der Waals surface area contributed by atoms with Gasteiger partial charge in [-0.25, -0.2) is 4.85 Å². The molecule has 1 fully saturated rings. The van der Waals surface area contributed by atoms with Gasteiger partial charge in [0.1, 0.15) is 11.9 Å². The molecule has 1 aliphatic carbocycles. The van der Waals surface area contributed by atoms with Crippen molar-refractivity contribution in [1.82, 2.24) is 5.32 Å². The lowest BCUT2D eigenvalue weighted by Crippen LogP contribution is -2.74. The minimum Gasteiger partial charge on any atom is -0.489 e. The van der Waals surface area contributed by atoms with Gasteiger partial charge in [0.05, 0.1) is 6.57 Å². The first kappa shape index (κ1) is 21.1. The van der Waals surface area contributed by atoms with E-state index in [1.54, 1.807) is 6.07 Å². The summed E-state index contributed by atoms with van der Waals surface area (Å²) < 4.78 is 8.13. The van der Waals surface area contributed by atoms with Gasteiger partial charge in [0.2, 0.25) is 5.69 Å². The molecule has 0 unspecified atom stereocenters. The molecule has 1 saturated carbocycles. The van der Waals surface area contributed by atoms with Crippen LogP contribution in [0.15, 0.2) is 46.9 Å². The van der Waals surface area contributed by atoms with E-state index < -0.39 is 0 Å². The number of nitrogens with one attached hydrogen (secondary N) is 1. The van der Waals surface area contributed by atoms with E-state index in [9.17, 15) is 4.79 Å². The van der Waals surface area contributed by atoms with Gasteiger partial charge in [-0.1, -0.05) is 49.7 Å². The fraction of sp³-hybridized carbons (Fsp3) is 0.364. The summed E-state index contributed by atoms with van der Waals surface area (Å²) in [5.74, 6) is 0.651. The van der Waals surface area contributed by atoms with Gasteiger partial charge in [-0.05, 0) is 59.0 Å². The molecule has 4 nitrogen and oxygen atoms in total. The highest BCUT2D eigenvalue weighted by molar-refractivity contribution is 14.1. The number of carbonyl (C=O) groups is 1. The maximum absolute atomic E-state index is 12.7. The van der Waals surface area contributed by atoms with Gasteiger partial charge in [-0.15, -0.1) is 0 Å². The van der Waals surface area contributed by atoms with Crippen LogP contribution < -0.4 is 10.1 Å². The second kappa shape index (κ2) is 7.68. The van der Waals surface area contributed by atoms with E-state index in [1.165, 1.54) is 0 Å². The number of ether oxygens (including phenoxy) is 1. The van der Waals surface area contributed by atoms with Crippen molar-refractivity contribution in [2.24, 2.45) is 10.8 Å². The predicted octanol–water partition coefficient (Wildman–Crippen LogP) is 6.22. The molecular weight excluding hydrogens is 531 g/mol. The molecule has 1 N–H and O–H groups in total. The molecule has 2 aromatic rings. The Hall–Kier alpha value is -1.59. The first-order chi connectivity index (χ1) is 13.1. The third-order valence-electron chi connectivity index (χ3n) is 5.51. The lowest BCUT2D eigenvalue weighted by Gasteiger charge is -2.63. The van der Waals surface area contributed by atoms with E-state index in [1.807, 2.05) is 36.4 Å². The molecule has 3 rings (SSSR count). The molecule has 0 atom stereocenters. The summed E-state index contributed by atoms with van der Waals surface area (Å²) in [4.78, 5) is 16.2. The molecule has 6 heteroatoms. The van der Waals surface area contributed by atoms with Gasteiger partial charge in [0.25, 0.3) is 5.91 Å². The van der Waals surface area contributed by atoms with Crippen molar-refractivity contribution in [1.29, 1.82) is 0 Å². The number of hydrogen-bond acceptors (Lipinski definition) is 2. The number of nitrogens with zero attached hydrogens (tertiary/aromatic N) is 1. The number of carbonyl (C=O) groups excluding carboxylic acids is 1. The van der Waals surface area contributed by atoms with Crippen molar-refractivity contribution >= 4 is 50.1 Å². The van der Waals surface area contributed by atoms with Crippen LogP contribution in [-0.4, -0.2) is 18.1 Å². The van der Waals surface area contributed by atoms with Crippen molar-refractivity contribution in [3.8, 4) is 5.75 Å². The van der Waals surface area contributed by atoms with Gasteiger partial charge < -0.3 is 10.1 Å². The van der Waals surface area contributed by atoms with Gasteiger partial charge in [-0.3, -0.25) is 4.79 Å². The molecule has 0 aliphatic heterocycles. The smallest absolute Gasteiger partial charge is 0.251 e. The Morgan fingerprint density at radius 1 is 1.14 bits per heavy atom. The molecule has 0 heterocycles. The number of halogens is 2. The SMILES string of the molecule is [C-]#[N+]c1ccc(OC2C(C)(C)C(NC(=O)c3ccc(I)cc3)C2(C)C)cc1Br. The Balaban J connectivity index is 1.76. The quantitative estimate of drug-likeness (QED) is 0.361. The van der Waals surface area contributed by atoms with Crippen LogP contribution >= 0.6 is 38.5 Å². The third kappa shape index (κ3) is 3.79. The zero-order chi connectivity index (χ0) is 20.7. The second-order valence-electron chi connectivity index (χ2n) is 8.28. The maximum atomic E-state index is 12.7. The molecule has 146 valence electrons. The van der Waals surface area contributed by atoms with Crippen molar-refractivity contribution in [2.75, 3.05) is 0 Å². The summed E-state index contributed by atoms with van der Waals surface area (Å²) in [6.45, 7) is 15.6. The average molecular weight is 553 g/mol. The Kier molecular flexibility index (Phi) is 5.79. The Labute approximate surface area is 188 Å². The van der Waals surface area contributed by atoms with Crippen LogP contribution in [0.1, 0.15) is 38.1 Å². The molecule has 1 aliphatic rings. The maximum Gasteiger partial charge on any atom is 0.251 e. The fourth-order valence-electron chi connectivity index (χ4n) is 4.40. The van der Waals surface area contributed by atoms with Crippen LogP contribution in [0.3, 0.4) is 0 Å². The molecule has 28 heavy (non-hydrogen) atoms. The van der Waals surface area contributed by atoms with Crippen LogP contribution in [0.2, 0.25) is 0 Å². The summed E-state index contributed by atoms with van der Waals surface area (Å²) >= 11 is 5.65. The van der Waals surface area contributed by atoms with Crippen molar-refractivity contribution in [3.63, 3.8) is 0 Å². The molecule has 0 radical (unpaired) electrons. The van der Waals surface area contributed by atoms with E-state index in [0.29, 0.717) is 17.0 Å². The highest BCUT2D eigenvalue weighted by Crippen LogP contribution is 2.55. The fourth-order valence-corrected chi connectivity index (χ4v) is 5.21. The summed E-state index contributed by atoms with van der Waals surface area (Å²) in [6.07, 6.45) is -0.0762. The molecule has 0 spiro atoms. The molecule has 0 aromatic heterocycles. The molecular formula is C22H22BrIN2O2. The average Bonchev–Trinajstić information content (AvgIpc) is 2.64. The normalized spacial score (nSPS) is 21.9. The van der Waals surface area contributed by atoms with Crippen LogP contribution in [0.4, 0.5) is 5.69 Å². The summed E-state index contributed by atoms with van der Waals surface area (Å²) in [6, 6.07) is 12.9. The lowest BCUT2D eigenvalue weighted by atomic mass is 9.49. The Morgan fingerprint density at radius 3 is 2.29 bits per heavy atom. The third-order valence-corrected chi connectivity index (χ3v) is 6.87. The van der Waals surface area contributed by atoms with Crippen LogP contribution in [0.5, 0.6) is 5.75 Å². The van der Waals surface area contributed by atoms with Crippen molar-refractivity contribution in [2.45, 2.75) is 39.8 Å². The monoisotopic (exact) mass is 552 g/mol. The number of rotatable bonds is 4. The summed E-state index contributed by atoms with van der Waals surface area (Å²) in [7, 11) is 0. The lowest BCUT2D eigenvalue weighted by molar-refractivity contribution is -0.164. The number of amides is 1. The van der Waals surface area contributed by atoms with E-state index in [-0.39, 0.29) is 28.9 Å². The molecule has 0 saturated heterocycles. The van der Waals surface area contributed by atoms with Gasteiger partial charge >= 0.3 is 0 Å². The van der Waals surface area contributed by atoms with Crippen molar-refractivity contribution in [3.05, 3.63) is 67.5 Å². The van der Waals surface area contributed by atoms with E-state index in [0.717, 1.165) is 8.04 Å². The zero-order valence-electron chi connectivity index (χ0n) is 16.2. The minimum absolute atomic E-state index is 0.0252. The predicted molar refractivity (Wildman–Crippen MR) is 123 cm³/mol. The van der Waals surface area contributed by atoms with Crippen LogP contribution in [-0.2, 0) is 0 Å². The first-order valence-electron chi connectivity index (χ1n) is 8.97. The Bertz CT molecular complexity index is 932. The van der Waals surface area contributed by atoms with Gasteiger partial charge in [-0.2, -0.15) is 0 Å². The first-order valence-corrected chi connectivity index (χ1v) is 10.8. The minimum atomic E-state index is -0.243. The van der Waals surface area contributed by atoms with Crippen LogP contribution in [0.25, 0.3) is 4.85 Å². The zero-order valence-corrected chi connectivity index (χ0v) is 20.0. The highest BCUT2D eigenvalue weighted by Gasteiger charge is 2.64. The topological polar surface area (TPSA) is 42.7 Å². The van der Waals surface area contributed by atoms with E-state index >= 15 is 0 Å². The van der Waals surface area contributed by atoms with E-state index in [4.69, 9.17) is 11.3 Å². The molecule has 1 amide bonds. The van der Waals surface area contributed by atoms with Gasteiger partial charge in [0.15, 0.2) is 0 Å². The molecule has 0 bridgehead atoms. The standard InChI is InChI=1S/C22H22BrIN2O2/c1-21(2)19(26-18(27)13-6-8-14(24)9-7-13)22(3,4)20(21)28-15-10-11-17(25-5)16(23)12-15/h6-12,19-20H,1-4H3,(H,26,27). The largest absolute Gasteiger partial charge is 0.489 e. The second-order valence-corrected chi connectivity index (χ2v) is 10.4. The van der Waals surface area contributed by atoms with Crippen LogP contribution in [0, 0.1) is 21.0 Å². The summed E-state index contributed by atoms with van der Waals surface area (Å²) in [5, 5.41) is 3.21. The van der Waals surface area contributed by atoms with Crippen molar-refractivity contribution < 1.29 is 9.53 Å². The highest BCUT2D eigenvalue weighted by atomic mass is 127. The number of benzene rings is 2. The molecule has 2 aromatic carbocycles. The van der Waals surface area contributed by atoms with Gasteiger partial charge in [0, 0.05) is 30.5 Å². The van der Waals surface area contributed by atoms with E-state index in [2.05, 4.69) is 76.4 Å².